The fourth-order valence-corrected chi connectivity index (χ4v) is 1.15. The van der Waals surface area contributed by atoms with Crippen LogP contribution in [-0.4, -0.2) is 21.8 Å². The lowest BCUT2D eigenvalue weighted by Gasteiger charge is -2.11. The first-order valence-corrected chi connectivity index (χ1v) is 4.50. The number of rotatable bonds is 4. The van der Waals surface area contributed by atoms with Crippen LogP contribution >= 0.6 is 8.25 Å². The van der Waals surface area contributed by atoms with Crippen LogP contribution in [0.1, 0.15) is 27.7 Å². The number of hydrogen-bond donors (Lipinski definition) is 2. The molecule has 0 amide bonds. The van der Waals surface area contributed by atoms with E-state index in [9.17, 15) is 4.57 Å². The first-order chi connectivity index (χ1) is 5.10. The van der Waals surface area contributed by atoms with Crippen molar-refractivity contribution >= 4 is 8.25 Å². The Morgan fingerprint density at radius 1 is 1.00 bits per heavy atom. The average Bonchev–Trinajstić information content (AvgIpc) is 1.49. The van der Waals surface area contributed by atoms with Gasteiger partial charge < -0.3 is 10.2 Å². The molecule has 72 valence electrons. The van der Waals surface area contributed by atoms with E-state index in [2.05, 4.69) is 9.05 Å². The molecule has 5 nitrogen and oxygen atoms in total. The largest absolute Gasteiger partial charge is 0.703 e. The highest BCUT2D eigenvalue weighted by atomic mass is 31.1. The minimum Gasteiger partial charge on any atom is -0.362 e. The zero-order valence-electron chi connectivity index (χ0n) is 7.57. The molecule has 0 radical (unpaired) electrons. The molecule has 0 spiro atoms. The van der Waals surface area contributed by atoms with Gasteiger partial charge in [0.25, 0.3) is 0 Å². The van der Waals surface area contributed by atoms with Gasteiger partial charge in [0.2, 0.25) is 11.6 Å². The normalized spacial score (nSPS) is 13.2. The van der Waals surface area contributed by atoms with Crippen molar-refractivity contribution in [2.75, 3.05) is 0 Å². The molecule has 6 heteroatoms. The van der Waals surface area contributed by atoms with Crippen LogP contribution in [0.25, 0.3) is 0 Å². The second-order valence-corrected chi connectivity index (χ2v) is 4.11. The molecule has 0 rings (SSSR count). The first-order valence-electron chi connectivity index (χ1n) is 3.40. The number of aliphatic hydroxyl groups is 2. The van der Waals surface area contributed by atoms with Crippen LogP contribution in [0, 0.1) is 0 Å². The van der Waals surface area contributed by atoms with Crippen molar-refractivity contribution in [2.24, 2.45) is 0 Å². The number of hydrogen-bond acceptors (Lipinski definition) is 5. The highest BCUT2D eigenvalue weighted by Crippen LogP contribution is 2.33. The lowest BCUT2D eigenvalue weighted by molar-refractivity contribution is -0.142. The van der Waals surface area contributed by atoms with Gasteiger partial charge in [0, 0.05) is 4.57 Å². The smallest absolute Gasteiger partial charge is 0.362 e. The molecule has 0 bridgehead atoms. The summed E-state index contributed by atoms with van der Waals surface area (Å²) in [5.74, 6) is -3.06. The van der Waals surface area contributed by atoms with Gasteiger partial charge in [-0.3, -0.25) is 0 Å². The van der Waals surface area contributed by atoms with E-state index in [4.69, 9.17) is 10.2 Å². The summed E-state index contributed by atoms with van der Waals surface area (Å²) in [6.45, 7) is 5.25. The quantitative estimate of drug-likeness (QED) is 0.522. The molecule has 0 heterocycles. The summed E-state index contributed by atoms with van der Waals surface area (Å²) in [4.78, 5) is 0. The van der Waals surface area contributed by atoms with E-state index in [1.807, 2.05) is 0 Å². The molecule has 0 aromatic heterocycles. The predicted octanol–water partition coefficient (Wildman–Crippen LogP) is 1.13. The maximum atomic E-state index is 10.9. The van der Waals surface area contributed by atoms with Crippen molar-refractivity contribution in [3.63, 3.8) is 0 Å². The molecule has 0 aliphatic carbocycles. The highest BCUT2D eigenvalue weighted by molar-refractivity contribution is 7.33. The van der Waals surface area contributed by atoms with Crippen molar-refractivity contribution in [2.45, 2.75) is 39.3 Å². The maximum absolute atomic E-state index is 10.9. The van der Waals surface area contributed by atoms with Gasteiger partial charge in [0.05, 0.1) is 0 Å². The minimum absolute atomic E-state index is 1.31. The summed E-state index contributed by atoms with van der Waals surface area (Å²) in [6.07, 6.45) is 0. The third-order valence-corrected chi connectivity index (χ3v) is 1.79. The standard InChI is InChI=1S/C6H14O5P/c1-5(2,7)10-12(9)11-6(3,4)8/h7-8H,1-4H3/q+1. The minimum atomic E-state index is -2.51. The average molecular weight is 197 g/mol. The topological polar surface area (TPSA) is 76.0 Å². The molecule has 0 saturated heterocycles. The van der Waals surface area contributed by atoms with Gasteiger partial charge >= 0.3 is 8.25 Å². The molecule has 0 atom stereocenters. The third-order valence-electron chi connectivity index (χ3n) is 0.596. The fourth-order valence-electron chi connectivity index (χ4n) is 0.383. The molecule has 0 aliphatic heterocycles. The molecule has 12 heavy (non-hydrogen) atoms. The Balaban J connectivity index is 3.92. The lowest BCUT2D eigenvalue weighted by atomic mass is 10.4. The van der Waals surface area contributed by atoms with E-state index in [-0.39, 0.29) is 0 Å². The van der Waals surface area contributed by atoms with Gasteiger partial charge in [0.15, 0.2) is 0 Å². The SMILES string of the molecule is CC(C)(O)O[P+](=O)OC(C)(C)O. The molecule has 0 aromatic carbocycles. The monoisotopic (exact) mass is 197 g/mol. The van der Waals surface area contributed by atoms with Crippen molar-refractivity contribution in [3.8, 4) is 0 Å². The van der Waals surface area contributed by atoms with Crippen molar-refractivity contribution in [3.05, 3.63) is 0 Å². The van der Waals surface area contributed by atoms with Gasteiger partial charge in [0.1, 0.15) is 0 Å². The lowest BCUT2D eigenvalue weighted by Crippen LogP contribution is -2.24. The Morgan fingerprint density at radius 3 is 1.42 bits per heavy atom. The highest BCUT2D eigenvalue weighted by Gasteiger charge is 2.37. The van der Waals surface area contributed by atoms with Crippen LogP contribution in [0.3, 0.4) is 0 Å². The van der Waals surface area contributed by atoms with E-state index >= 15 is 0 Å². The summed E-state index contributed by atoms with van der Waals surface area (Å²) in [7, 11) is -2.51. The predicted molar refractivity (Wildman–Crippen MR) is 42.4 cm³/mol. The summed E-state index contributed by atoms with van der Waals surface area (Å²) in [5, 5.41) is 18.0. The van der Waals surface area contributed by atoms with E-state index in [1.54, 1.807) is 0 Å². The fraction of sp³-hybridized carbons (Fsp3) is 1.00. The maximum Gasteiger partial charge on any atom is 0.703 e. The Morgan fingerprint density at radius 2 is 1.25 bits per heavy atom. The summed E-state index contributed by atoms with van der Waals surface area (Å²) < 4.78 is 19.9. The van der Waals surface area contributed by atoms with Gasteiger partial charge in [-0.05, 0) is 27.7 Å². The van der Waals surface area contributed by atoms with E-state index in [1.165, 1.54) is 27.7 Å². The summed E-state index contributed by atoms with van der Waals surface area (Å²) >= 11 is 0. The Hall–Kier alpha value is -0.0600. The van der Waals surface area contributed by atoms with Crippen LogP contribution in [0.5, 0.6) is 0 Å². The van der Waals surface area contributed by atoms with Crippen LogP contribution < -0.4 is 0 Å². The van der Waals surface area contributed by atoms with E-state index in [0.29, 0.717) is 0 Å². The second-order valence-electron chi connectivity index (χ2n) is 3.30. The molecule has 0 saturated carbocycles. The third kappa shape index (κ3) is 8.04. The molecular formula is C6H14O5P+. The van der Waals surface area contributed by atoms with Crippen LogP contribution in [0.4, 0.5) is 0 Å². The zero-order chi connectivity index (χ0) is 9.99. The Bertz CT molecular complexity index is 148. The van der Waals surface area contributed by atoms with Gasteiger partial charge in [-0.15, -0.1) is 0 Å². The zero-order valence-corrected chi connectivity index (χ0v) is 8.46. The van der Waals surface area contributed by atoms with Gasteiger partial charge in [-0.1, -0.05) is 9.05 Å². The first kappa shape index (κ1) is 11.9. The second kappa shape index (κ2) is 3.77. The summed E-state index contributed by atoms with van der Waals surface area (Å²) in [6, 6.07) is 0. The summed E-state index contributed by atoms with van der Waals surface area (Å²) in [5.41, 5.74) is 0. The van der Waals surface area contributed by atoms with Crippen LogP contribution in [0.2, 0.25) is 0 Å². The van der Waals surface area contributed by atoms with Gasteiger partial charge in [-0.25, -0.2) is 0 Å². The Kier molecular flexibility index (Phi) is 3.75. The molecule has 2 N–H and O–H groups in total. The molecule has 0 aliphatic rings. The molecule has 0 fully saturated rings. The molecule has 0 unspecified atom stereocenters. The van der Waals surface area contributed by atoms with Crippen molar-refractivity contribution < 1.29 is 23.8 Å². The van der Waals surface area contributed by atoms with Crippen molar-refractivity contribution in [1.82, 2.24) is 0 Å². The van der Waals surface area contributed by atoms with Crippen LogP contribution in [-0.2, 0) is 13.6 Å². The van der Waals surface area contributed by atoms with E-state index in [0.717, 1.165) is 0 Å². The van der Waals surface area contributed by atoms with Gasteiger partial charge in [-0.2, -0.15) is 0 Å². The molecule has 0 aromatic rings. The van der Waals surface area contributed by atoms with Crippen molar-refractivity contribution in [1.29, 1.82) is 0 Å². The molecular weight excluding hydrogens is 183 g/mol. The Labute approximate surface area is 72.3 Å². The van der Waals surface area contributed by atoms with Crippen LogP contribution in [0.15, 0.2) is 0 Å². The van der Waals surface area contributed by atoms with E-state index < -0.39 is 19.8 Å².